The highest BCUT2D eigenvalue weighted by molar-refractivity contribution is 5.76. The Balaban J connectivity index is 1.48. The van der Waals surface area contributed by atoms with Gasteiger partial charge in [0, 0.05) is 23.5 Å². The van der Waals surface area contributed by atoms with Crippen LogP contribution in [0.4, 0.5) is 17.6 Å². The lowest BCUT2D eigenvalue weighted by molar-refractivity contribution is -0.203. The number of unbranched alkanes of at least 4 members (excludes halogenated alkanes) is 2. The molecule has 0 aromatic heterocycles. The van der Waals surface area contributed by atoms with Crippen molar-refractivity contribution in [2.24, 2.45) is 5.92 Å². The maximum atomic E-state index is 15.4. The molecule has 1 fully saturated rings. The van der Waals surface area contributed by atoms with Crippen LogP contribution in [-0.4, -0.2) is 19.5 Å². The minimum absolute atomic E-state index is 0.222. The van der Waals surface area contributed by atoms with E-state index in [1.165, 1.54) is 12.8 Å². The third-order valence-corrected chi connectivity index (χ3v) is 7.04. The fourth-order valence-electron chi connectivity index (χ4n) is 5.11. The summed E-state index contributed by atoms with van der Waals surface area (Å²) in [6.07, 6.45) is 1.52. The van der Waals surface area contributed by atoms with Gasteiger partial charge in [0.25, 0.3) is 0 Å². The Morgan fingerprint density at radius 3 is 1.82 bits per heavy atom. The van der Waals surface area contributed by atoms with Crippen molar-refractivity contribution in [3.63, 3.8) is 0 Å². The summed E-state index contributed by atoms with van der Waals surface area (Å²) in [5.41, 5.74) is 0.485. The van der Waals surface area contributed by atoms with E-state index in [2.05, 4.69) is 6.92 Å². The number of fused-ring (bicyclic) bond motifs is 3. The summed E-state index contributed by atoms with van der Waals surface area (Å²) < 4.78 is 72.1. The summed E-state index contributed by atoms with van der Waals surface area (Å²) in [6, 6.07) is 6.33. The first-order valence-corrected chi connectivity index (χ1v) is 12.6. The fraction of sp³-hybridized carbons (Fsp3) is 0.571. The Hall–Kier alpha value is -1.92. The first-order chi connectivity index (χ1) is 16.5. The highest BCUT2D eigenvalue weighted by Crippen LogP contribution is 2.51. The molecule has 0 spiro atoms. The van der Waals surface area contributed by atoms with Crippen LogP contribution in [0, 0.1) is 17.6 Å². The SMILES string of the molecule is CCCCCC1COC(CCc2ccc3c(c2F)C(F)C(F)c2c-3ccc(CCC)c2F)OC1. The average molecular weight is 479 g/mol. The molecule has 0 N–H and O–H groups in total. The van der Waals surface area contributed by atoms with Crippen LogP contribution >= 0.6 is 0 Å². The largest absolute Gasteiger partial charge is 0.352 e. The molecule has 2 nitrogen and oxygen atoms in total. The lowest BCUT2D eigenvalue weighted by atomic mass is 9.80. The van der Waals surface area contributed by atoms with Crippen LogP contribution in [0.15, 0.2) is 24.3 Å². The van der Waals surface area contributed by atoms with E-state index >= 15 is 13.2 Å². The minimum Gasteiger partial charge on any atom is -0.352 e. The van der Waals surface area contributed by atoms with E-state index in [9.17, 15) is 4.39 Å². The van der Waals surface area contributed by atoms with E-state index in [-0.39, 0.29) is 34.2 Å². The Morgan fingerprint density at radius 2 is 1.29 bits per heavy atom. The van der Waals surface area contributed by atoms with Gasteiger partial charge in [0.15, 0.2) is 18.6 Å². The molecule has 0 amide bonds. The van der Waals surface area contributed by atoms with Crippen molar-refractivity contribution in [3.8, 4) is 11.1 Å². The molecule has 2 aliphatic rings. The molecule has 0 radical (unpaired) electrons. The molecule has 2 aromatic rings. The maximum Gasteiger partial charge on any atom is 0.164 e. The molecule has 186 valence electrons. The zero-order chi connectivity index (χ0) is 24.2. The molecule has 2 unspecified atom stereocenters. The predicted octanol–water partition coefficient (Wildman–Crippen LogP) is 8.12. The standard InChI is InChI=1S/C28H34F4O2/c1-3-5-6-8-17-15-33-22(34-16-17)14-11-19-10-13-21-20-12-9-18(7-4-2)25(29)23(20)27(31)28(32)24(21)26(19)30/h9-10,12-13,17,22,27-28H,3-8,11,14-16H2,1-2H3. The number of hydrogen-bond donors (Lipinski definition) is 0. The van der Waals surface area contributed by atoms with Crippen LogP contribution in [0.1, 0.15) is 87.0 Å². The van der Waals surface area contributed by atoms with Crippen molar-refractivity contribution >= 4 is 0 Å². The molecule has 2 atom stereocenters. The van der Waals surface area contributed by atoms with Gasteiger partial charge in [0.2, 0.25) is 0 Å². The van der Waals surface area contributed by atoms with Crippen LogP contribution in [0.5, 0.6) is 0 Å². The summed E-state index contributed by atoms with van der Waals surface area (Å²) >= 11 is 0. The number of hydrogen-bond acceptors (Lipinski definition) is 2. The quantitative estimate of drug-likeness (QED) is 0.268. The summed E-state index contributed by atoms with van der Waals surface area (Å²) in [5.74, 6) is -1.09. The van der Waals surface area contributed by atoms with Crippen molar-refractivity contribution in [1.82, 2.24) is 0 Å². The van der Waals surface area contributed by atoms with Crippen molar-refractivity contribution in [1.29, 1.82) is 0 Å². The van der Waals surface area contributed by atoms with Crippen LogP contribution in [-0.2, 0) is 22.3 Å². The number of alkyl halides is 2. The summed E-state index contributed by atoms with van der Waals surface area (Å²) in [6.45, 7) is 5.31. The van der Waals surface area contributed by atoms with Gasteiger partial charge in [-0.2, -0.15) is 0 Å². The second-order valence-corrected chi connectivity index (χ2v) is 9.55. The van der Waals surface area contributed by atoms with Gasteiger partial charge in [-0.05, 0) is 41.5 Å². The molecule has 1 aliphatic heterocycles. The van der Waals surface area contributed by atoms with E-state index in [0.717, 1.165) is 12.8 Å². The van der Waals surface area contributed by atoms with Crippen molar-refractivity contribution in [3.05, 3.63) is 58.2 Å². The molecule has 4 rings (SSSR count). The van der Waals surface area contributed by atoms with Gasteiger partial charge in [0.05, 0.1) is 13.2 Å². The summed E-state index contributed by atoms with van der Waals surface area (Å²) in [7, 11) is 0. The smallest absolute Gasteiger partial charge is 0.164 e. The van der Waals surface area contributed by atoms with Crippen molar-refractivity contribution < 1.29 is 27.0 Å². The van der Waals surface area contributed by atoms with Gasteiger partial charge in [-0.1, -0.05) is 63.8 Å². The highest BCUT2D eigenvalue weighted by Gasteiger charge is 2.39. The topological polar surface area (TPSA) is 18.5 Å². The number of halogens is 4. The molecule has 1 saturated heterocycles. The zero-order valence-corrected chi connectivity index (χ0v) is 20.0. The first-order valence-electron chi connectivity index (χ1n) is 12.6. The van der Waals surface area contributed by atoms with Gasteiger partial charge in [0.1, 0.15) is 11.6 Å². The molecule has 6 heteroatoms. The molecule has 34 heavy (non-hydrogen) atoms. The van der Waals surface area contributed by atoms with Crippen LogP contribution in [0.2, 0.25) is 0 Å². The Labute approximate surface area is 199 Å². The van der Waals surface area contributed by atoms with E-state index in [4.69, 9.17) is 9.47 Å². The normalized spacial score (nSPS) is 24.1. The Morgan fingerprint density at radius 1 is 0.735 bits per heavy atom. The average Bonchev–Trinajstić information content (AvgIpc) is 2.84. The highest BCUT2D eigenvalue weighted by atomic mass is 19.2. The molecular formula is C28H34F4O2. The zero-order valence-electron chi connectivity index (χ0n) is 20.0. The number of rotatable bonds is 9. The second-order valence-electron chi connectivity index (χ2n) is 9.55. The van der Waals surface area contributed by atoms with Crippen molar-refractivity contribution in [2.75, 3.05) is 13.2 Å². The number of benzene rings is 2. The van der Waals surface area contributed by atoms with E-state index in [0.29, 0.717) is 44.0 Å². The van der Waals surface area contributed by atoms with Gasteiger partial charge in [-0.15, -0.1) is 0 Å². The van der Waals surface area contributed by atoms with E-state index < -0.39 is 30.3 Å². The summed E-state index contributed by atoms with van der Waals surface area (Å²) in [5, 5.41) is 0. The van der Waals surface area contributed by atoms with E-state index in [1.54, 1.807) is 24.3 Å². The fourth-order valence-corrected chi connectivity index (χ4v) is 5.11. The lowest BCUT2D eigenvalue weighted by Gasteiger charge is -2.30. The third kappa shape index (κ3) is 5.03. The predicted molar refractivity (Wildman–Crippen MR) is 125 cm³/mol. The summed E-state index contributed by atoms with van der Waals surface area (Å²) in [4.78, 5) is 0. The van der Waals surface area contributed by atoms with Gasteiger partial charge in [-0.3, -0.25) is 0 Å². The second kappa shape index (κ2) is 11.2. The van der Waals surface area contributed by atoms with E-state index in [1.807, 2.05) is 6.92 Å². The molecular weight excluding hydrogens is 444 g/mol. The molecule has 0 bridgehead atoms. The molecule has 1 aliphatic carbocycles. The van der Waals surface area contributed by atoms with Crippen LogP contribution in [0.3, 0.4) is 0 Å². The molecule has 0 saturated carbocycles. The Kier molecular flexibility index (Phi) is 8.30. The Bertz CT molecular complexity index is 985. The van der Waals surface area contributed by atoms with Crippen LogP contribution < -0.4 is 0 Å². The van der Waals surface area contributed by atoms with Gasteiger partial charge < -0.3 is 9.47 Å². The van der Waals surface area contributed by atoms with Gasteiger partial charge >= 0.3 is 0 Å². The molecule has 1 heterocycles. The number of ether oxygens (including phenoxy) is 2. The number of aryl methyl sites for hydroxylation is 2. The molecule has 2 aromatic carbocycles. The minimum atomic E-state index is -2.25. The third-order valence-electron chi connectivity index (χ3n) is 7.04. The van der Waals surface area contributed by atoms with Gasteiger partial charge in [-0.25, -0.2) is 17.6 Å². The first kappa shape index (κ1) is 25.2. The monoisotopic (exact) mass is 478 g/mol. The maximum absolute atomic E-state index is 15.4. The lowest BCUT2D eigenvalue weighted by Crippen LogP contribution is -2.32. The van der Waals surface area contributed by atoms with Crippen molar-refractivity contribution in [2.45, 2.75) is 83.8 Å². The van der Waals surface area contributed by atoms with Crippen LogP contribution in [0.25, 0.3) is 11.1 Å².